The molecule has 0 unspecified atom stereocenters. The molecule has 33 heavy (non-hydrogen) atoms. The first-order valence-corrected chi connectivity index (χ1v) is 11.3. The van der Waals surface area contributed by atoms with Gasteiger partial charge in [-0.05, 0) is 60.7 Å². The zero-order valence-electron chi connectivity index (χ0n) is 17.6. The molecule has 0 saturated carbocycles. The van der Waals surface area contributed by atoms with Gasteiger partial charge in [-0.1, -0.05) is 12.1 Å². The number of fused-ring (bicyclic) bond motifs is 1. The van der Waals surface area contributed by atoms with Crippen LogP contribution in [0.1, 0.15) is 0 Å². The minimum absolute atomic E-state index is 0.0336. The molecule has 2 N–H and O–H groups in total. The van der Waals surface area contributed by atoms with Gasteiger partial charge in [-0.3, -0.25) is 18.9 Å². The average molecular weight is 465 g/mol. The Kier molecular flexibility index (Phi) is 6.09. The fourth-order valence-electron chi connectivity index (χ4n) is 3.16. The first-order chi connectivity index (χ1) is 15.9. The molecule has 0 fully saturated rings. The molecular formula is C23H20N4O5S. The van der Waals surface area contributed by atoms with Gasteiger partial charge in [0.05, 0.1) is 29.2 Å². The van der Waals surface area contributed by atoms with Gasteiger partial charge in [0.15, 0.2) is 0 Å². The summed E-state index contributed by atoms with van der Waals surface area (Å²) < 4.78 is 34.0. The quantitative estimate of drug-likeness (QED) is 0.434. The number of amides is 1. The highest BCUT2D eigenvalue weighted by molar-refractivity contribution is 7.92. The number of para-hydroxylation sites is 1. The summed E-state index contributed by atoms with van der Waals surface area (Å²) in [6.07, 6.45) is 1.32. The predicted octanol–water partition coefficient (Wildman–Crippen LogP) is 2.84. The molecule has 1 aromatic heterocycles. The number of methoxy groups -OCH3 is 1. The lowest BCUT2D eigenvalue weighted by Crippen LogP contribution is -2.27. The second kappa shape index (κ2) is 9.13. The second-order valence-corrected chi connectivity index (χ2v) is 8.78. The standard InChI is InChI=1S/C23H20N4O5S/c1-32-18-10-6-17(7-11-18)26-33(30,31)19-12-8-16(9-13-19)25-22(28)14-27-15-24-21-5-3-2-4-20(21)23(27)29/h2-13,15,26H,14H2,1H3,(H,25,28). The molecule has 4 rings (SSSR count). The SMILES string of the molecule is COc1ccc(NS(=O)(=O)c2ccc(NC(=O)Cn3cnc4ccccc4c3=O)cc2)cc1. The van der Waals surface area contributed by atoms with Crippen molar-refractivity contribution in [3.05, 3.63) is 89.5 Å². The van der Waals surface area contributed by atoms with Crippen molar-refractivity contribution < 1.29 is 17.9 Å². The Labute approximate surface area is 189 Å². The molecular weight excluding hydrogens is 444 g/mol. The summed E-state index contributed by atoms with van der Waals surface area (Å²) >= 11 is 0. The first-order valence-electron chi connectivity index (χ1n) is 9.87. The van der Waals surface area contributed by atoms with Crippen LogP contribution in [0.2, 0.25) is 0 Å². The Morgan fingerprint density at radius 3 is 2.33 bits per heavy atom. The predicted molar refractivity (Wildman–Crippen MR) is 125 cm³/mol. The molecule has 0 bridgehead atoms. The Morgan fingerprint density at radius 2 is 1.64 bits per heavy atom. The van der Waals surface area contributed by atoms with E-state index in [0.29, 0.717) is 28.0 Å². The Bertz CT molecular complexity index is 1460. The van der Waals surface area contributed by atoms with E-state index in [-0.39, 0.29) is 17.0 Å². The van der Waals surface area contributed by atoms with Gasteiger partial charge in [0.2, 0.25) is 5.91 Å². The minimum atomic E-state index is -3.81. The summed E-state index contributed by atoms with van der Waals surface area (Å²) in [5.74, 6) is 0.168. The smallest absolute Gasteiger partial charge is 0.261 e. The second-order valence-electron chi connectivity index (χ2n) is 7.10. The van der Waals surface area contributed by atoms with Crippen LogP contribution in [0.15, 0.2) is 88.8 Å². The molecule has 9 nitrogen and oxygen atoms in total. The third kappa shape index (κ3) is 5.01. The number of anilines is 2. The van der Waals surface area contributed by atoms with Gasteiger partial charge in [-0.15, -0.1) is 0 Å². The van der Waals surface area contributed by atoms with E-state index in [9.17, 15) is 18.0 Å². The van der Waals surface area contributed by atoms with E-state index in [1.807, 2.05) is 0 Å². The van der Waals surface area contributed by atoms with E-state index < -0.39 is 15.9 Å². The van der Waals surface area contributed by atoms with Crippen molar-refractivity contribution in [1.82, 2.24) is 9.55 Å². The van der Waals surface area contributed by atoms with Gasteiger partial charge >= 0.3 is 0 Å². The maximum absolute atomic E-state index is 12.6. The van der Waals surface area contributed by atoms with Crippen LogP contribution in [0, 0.1) is 0 Å². The van der Waals surface area contributed by atoms with Gasteiger partial charge in [-0.25, -0.2) is 13.4 Å². The van der Waals surface area contributed by atoms with Gasteiger partial charge in [0.25, 0.3) is 15.6 Å². The number of rotatable bonds is 7. The lowest BCUT2D eigenvalue weighted by molar-refractivity contribution is -0.116. The van der Waals surface area contributed by atoms with E-state index in [1.165, 1.54) is 42.3 Å². The topological polar surface area (TPSA) is 119 Å². The molecule has 0 spiro atoms. The van der Waals surface area contributed by atoms with Crippen molar-refractivity contribution in [2.75, 3.05) is 17.1 Å². The lowest BCUT2D eigenvalue weighted by atomic mass is 10.2. The monoisotopic (exact) mass is 464 g/mol. The summed E-state index contributed by atoms with van der Waals surface area (Å²) in [6, 6.07) is 19.1. The van der Waals surface area contributed by atoms with Crippen LogP contribution in [-0.4, -0.2) is 31.0 Å². The van der Waals surface area contributed by atoms with E-state index in [0.717, 1.165) is 0 Å². The minimum Gasteiger partial charge on any atom is -0.497 e. The van der Waals surface area contributed by atoms with E-state index in [4.69, 9.17) is 4.74 Å². The van der Waals surface area contributed by atoms with Crippen LogP contribution in [0.25, 0.3) is 10.9 Å². The molecule has 0 saturated heterocycles. The number of sulfonamides is 1. The molecule has 168 valence electrons. The Hall–Kier alpha value is -4.18. The number of aromatic nitrogens is 2. The highest BCUT2D eigenvalue weighted by Gasteiger charge is 2.15. The number of carbonyl (C=O) groups is 1. The molecule has 0 aliphatic carbocycles. The summed E-state index contributed by atoms with van der Waals surface area (Å²) in [6.45, 7) is -0.226. The van der Waals surface area contributed by atoms with Crippen LogP contribution in [0.4, 0.5) is 11.4 Å². The van der Waals surface area contributed by atoms with Crippen molar-refractivity contribution in [1.29, 1.82) is 0 Å². The normalized spacial score (nSPS) is 11.2. The Balaban J connectivity index is 1.43. The first kappa shape index (κ1) is 22.0. The zero-order valence-corrected chi connectivity index (χ0v) is 18.4. The fraction of sp³-hybridized carbons (Fsp3) is 0.0870. The highest BCUT2D eigenvalue weighted by Crippen LogP contribution is 2.20. The molecule has 10 heteroatoms. The van der Waals surface area contributed by atoms with Crippen molar-refractivity contribution >= 4 is 38.2 Å². The third-order valence-electron chi connectivity index (χ3n) is 4.84. The molecule has 1 heterocycles. The highest BCUT2D eigenvalue weighted by atomic mass is 32.2. The molecule has 4 aromatic rings. The van der Waals surface area contributed by atoms with Crippen LogP contribution in [-0.2, 0) is 21.4 Å². The van der Waals surface area contributed by atoms with Gasteiger partial charge in [0.1, 0.15) is 12.3 Å². The molecule has 0 atom stereocenters. The number of ether oxygens (including phenoxy) is 1. The van der Waals surface area contributed by atoms with E-state index >= 15 is 0 Å². The average Bonchev–Trinajstić information content (AvgIpc) is 2.82. The number of hydrogen-bond acceptors (Lipinski definition) is 6. The molecule has 0 radical (unpaired) electrons. The molecule has 0 aliphatic rings. The summed E-state index contributed by atoms with van der Waals surface area (Å²) in [4.78, 5) is 29.1. The summed E-state index contributed by atoms with van der Waals surface area (Å²) in [5, 5.41) is 3.07. The van der Waals surface area contributed by atoms with Crippen LogP contribution in [0.3, 0.4) is 0 Å². The number of hydrogen-bond donors (Lipinski definition) is 2. The zero-order chi connectivity index (χ0) is 23.4. The van der Waals surface area contributed by atoms with Crippen LogP contribution < -0.4 is 20.3 Å². The van der Waals surface area contributed by atoms with Gasteiger partial charge < -0.3 is 10.1 Å². The lowest BCUT2D eigenvalue weighted by Gasteiger charge is -2.10. The molecule has 0 aliphatic heterocycles. The molecule has 1 amide bonds. The van der Waals surface area contributed by atoms with Crippen LogP contribution >= 0.6 is 0 Å². The molecule has 3 aromatic carbocycles. The maximum atomic E-state index is 12.6. The Morgan fingerprint density at radius 1 is 0.970 bits per heavy atom. The van der Waals surface area contributed by atoms with Crippen molar-refractivity contribution in [3.63, 3.8) is 0 Å². The van der Waals surface area contributed by atoms with E-state index in [2.05, 4.69) is 15.0 Å². The number of benzene rings is 3. The number of carbonyl (C=O) groups excluding carboxylic acids is 1. The summed E-state index contributed by atoms with van der Waals surface area (Å²) in [5.41, 5.74) is 1.02. The number of nitrogens with one attached hydrogen (secondary N) is 2. The number of nitrogens with zero attached hydrogens (tertiary/aromatic N) is 2. The van der Waals surface area contributed by atoms with E-state index in [1.54, 1.807) is 48.5 Å². The fourth-order valence-corrected chi connectivity index (χ4v) is 4.22. The van der Waals surface area contributed by atoms with Gasteiger partial charge in [0, 0.05) is 11.4 Å². The van der Waals surface area contributed by atoms with Crippen LogP contribution in [0.5, 0.6) is 5.75 Å². The largest absolute Gasteiger partial charge is 0.497 e. The maximum Gasteiger partial charge on any atom is 0.261 e. The third-order valence-corrected chi connectivity index (χ3v) is 6.23. The van der Waals surface area contributed by atoms with Crippen molar-refractivity contribution in [2.45, 2.75) is 11.4 Å². The van der Waals surface area contributed by atoms with Gasteiger partial charge in [-0.2, -0.15) is 0 Å². The summed E-state index contributed by atoms with van der Waals surface area (Å²) in [7, 11) is -2.29. The van der Waals surface area contributed by atoms with Crippen molar-refractivity contribution in [3.8, 4) is 5.75 Å². The van der Waals surface area contributed by atoms with Crippen molar-refractivity contribution in [2.24, 2.45) is 0 Å².